The van der Waals surface area contributed by atoms with Crippen LogP contribution in [0.15, 0.2) is 30.6 Å². The van der Waals surface area contributed by atoms with E-state index in [1.807, 2.05) is 18.2 Å². The van der Waals surface area contributed by atoms with E-state index in [2.05, 4.69) is 10.3 Å². The maximum atomic E-state index is 5.93. The van der Waals surface area contributed by atoms with Crippen molar-refractivity contribution in [1.82, 2.24) is 4.98 Å². The molecule has 0 radical (unpaired) electrons. The average molecular weight is 261 g/mol. The number of rotatable bonds is 7. The predicted octanol–water partition coefficient (Wildman–Crippen LogP) is 1.89. The standard InChI is InChI=1S/C14H19N3O2/c1-18-8-9-19-7-6-17-14-3-2-13(15)12-10-16-5-4-11(12)14/h2-5,10,17H,6-9,15H2,1H3. The fraction of sp³-hybridized carbons (Fsp3) is 0.357. The molecular formula is C14H19N3O2. The Hall–Kier alpha value is -1.85. The van der Waals surface area contributed by atoms with E-state index in [-0.39, 0.29) is 0 Å². The molecule has 3 N–H and O–H groups in total. The second-order valence-electron chi connectivity index (χ2n) is 4.16. The van der Waals surface area contributed by atoms with Gasteiger partial charge in [-0.2, -0.15) is 0 Å². The molecule has 0 amide bonds. The van der Waals surface area contributed by atoms with Crippen molar-refractivity contribution in [2.45, 2.75) is 0 Å². The van der Waals surface area contributed by atoms with Crippen LogP contribution in [0.1, 0.15) is 0 Å². The van der Waals surface area contributed by atoms with Gasteiger partial charge in [0.2, 0.25) is 0 Å². The maximum Gasteiger partial charge on any atom is 0.0701 e. The van der Waals surface area contributed by atoms with Crippen molar-refractivity contribution in [3.8, 4) is 0 Å². The number of hydrogen-bond acceptors (Lipinski definition) is 5. The van der Waals surface area contributed by atoms with E-state index in [4.69, 9.17) is 15.2 Å². The van der Waals surface area contributed by atoms with Crippen LogP contribution >= 0.6 is 0 Å². The second-order valence-corrected chi connectivity index (χ2v) is 4.16. The number of nitrogens with two attached hydrogens (primary N) is 1. The van der Waals surface area contributed by atoms with Gasteiger partial charge in [-0.15, -0.1) is 0 Å². The number of aromatic nitrogens is 1. The maximum absolute atomic E-state index is 5.93. The van der Waals surface area contributed by atoms with Crippen LogP contribution in [0.25, 0.3) is 10.8 Å². The quantitative estimate of drug-likeness (QED) is 0.588. The number of hydrogen-bond donors (Lipinski definition) is 2. The Morgan fingerprint density at radius 3 is 2.89 bits per heavy atom. The molecule has 0 bridgehead atoms. The van der Waals surface area contributed by atoms with E-state index >= 15 is 0 Å². The molecule has 2 rings (SSSR count). The number of pyridine rings is 1. The minimum absolute atomic E-state index is 0.616. The summed E-state index contributed by atoms with van der Waals surface area (Å²) in [7, 11) is 1.66. The van der Waals surface area contributed by atoms with Gasteiger partial charge in [-0.3, -0.25) is 4.98 Å². The first-order valence-electron chi connectivity index (χ1n) is 6.25. The Morgan fingerprint density at radius 2 is 2.05 bits per heavy atom. The number of methoxy groups -OCH3 is 1. The average Bonchev–Trinajstić information content (AvgIpc) is 2.45. The summed E-state index contributed by atoms with van der Waals surface area (Å²) < 4.78 is 10.3. The van der Waals surface area contributed by atoms with Crippen LogP contribution in [0, 0.1) is 0 Å². The molecule has 0 fully saturated rings. The minimum Gasteiger partial charge on any atom is -0.398 e. The van der Waals surface area contributed by atoms with Crippen LogP contribution in [-0.2, 0) is 9.47 Å². The fourth-order valence-electron chi connectivity index (χ4n) is 1.87. The summed E-state index contributed by atoms with van der Waals surface area (Å²) in [4.78, 5) is 4.10. The van der Waals surface area contributed by atoms with E-state index < -0.39 is 0 Å². The number of ether oxygens (including phenoxy) is 2. The van der Waals surface area contributed by atoms with E-state index in [0.717, 1.165) is 28.7 Å². The number of benzene rings is 1. The number of fused-ring (bicyclic) bond motifs is 1. The number of nitrogen functional groups attached to an aromatic ring is 1. The van der Waals surface area contributed by atoms with Gasteiger partial charge in [0, 0.05) is 48.2 Å². The Labute approximate surface area is 112 Å². The molecule has 1 aromatic carbocycles. The first-order chi connectivity index (χ1) is 9.33. The third kappa shape index (κ3) is 3.56. The van der Waals surface area contributed by atoms with Crippen LogP contribution in [0.2, 0.25) is 0 Å². The molecule has 5 heteroatoms. The highest BCUT2D eigenvalue weighted by Crippen LogP contribution is 2.27. The summed E-state index contributed by atoms with van der Waals surface area (Å²) >= 11 is 0. The van der Waals surface area contributed by atoms with Gasteiger partial charge in [-0.1, -0.05) is 0 Å². The Morgan fingerprint density at radius 1 is 1.16 bits per heavy atom. The van der Waals surface area contributed by atoms with Gasteiger partial charge in [0.15, 0.2) is 0 Å². The highest BCUT2D eigenvalue weighted by atomic mass is 16.5. The largest absolute Gasteiger partial charge is 0.398 e. The van der Waals surface area contributed by atoms with E-state index in [9.17, 15) is 0 Å². The normalized spacial score (nSPS) is 10.8. The molecule has 5 nitrogen and oxygen atoms in total. The third-order valence-electron chi connectivity index (χ3n) is 2.85. The molecular weight excluding hydrogens is 242 g/mol. The predicted molar refractivity (Wildman–Crippen MR) is 77.3 cm³/mol. The van der Waals surface area contributed by atoms with Crippen LogP contribution in [-0.4, -0.2) is 38.5 Å². The second kappa shape index (κ2) is 6.92. The van der Waals surface area contributed by atoms with Gasteiger partial charge in [0.1, 0.15) is 0 Å². The minimum atomic E-state index is 0.616. The lowest BCUT2D eigenvalue weighted by atomic mass is 10.1. The van der Waals surface area contributed by atoms with Crippen molar-refractivity contribution in [1.29, 1.82) is 0 Å². The van der Waals surface area contributed by atoms with Crippen molar-refractivity contribution >= 4 is 22.1 Å². The third-order valence-corrected chi connectivity index (χ3v) is 2.85. The SMILES string of the molecule is COCCOCCNc1ccc(N)c2cnccc12. The number of anilines is 2. The molecule has 0 unspecified atom stereocenters. The lowest BCUT2D eigenvalue weighted by Gasteiger charge is -2.11. The summed E-state index contributed by atoms with van der Waals surface area (Å²) in [5, 5.41) is 5.38. The highest BCUT2D eigenvalue weighted by molar-refractivity contribution is 6.00. The fourth-order valence-corrected chi connectivity index (χ4v) is 1.87. The van der Waals surface area contributed by atoms with Crippen molar-refractivity contribution in [2.24, 2.45) is 0 Å². The van der Waals surface area contributed by atoms with Gasteiger partial charge in [-0.25, -0.2) is 0 Å². The summed E-state index contributed by atoms with van der Waals surface area (Å²) in [5.74, 6) is 0. The number of nitrogens with zero attached hydrogens (tertiary/aromatic N) is 1. The first kappa shape index (κ1) is 13.6. The molecule has 102 valence electrons. The molecule has 0 spiro atoms. The van der Waals surface area contributed by atoms with Gasteiger partial charge >= 0.3 is 0 Å². The van der Waals surface area contributed by atoms with Crippen LogP contribution in [0.3, 0.4) is 0 Å². The molecule has 0 saturated carbocycles. The first-order valence-corrected chi connectivity index (χ1v) is 6.25. The summed E-state index contributed by atoms with van der Waals surface area (Å²) in [6.07, 6.45) is 3.55. The van der Waals surface area contributed by atoms with Gasteiger partial charge in [0.25, 0.3) is 0 Å². The molecule has 2 aromatic rings. The van der Waals surface area contributed by atoms with Crippen molar-refractivity contribution in [3.05, 3.63) is 30.6 Å². The van der Waals surface area contributed by atoms with Crippen molar-refractivity contribution < 1.29 is 9.47 Å². The molecule has 0 aliphatic rings. The Kier molecular flexibility index (Phi) is 4.94. The topological polar surface area (TPSA) is 69.4 Å². The molecule has 0 saturated heterocycles. The smallest absolute Gasteiger partial charge is 0.0701 e. The van der Waals surface area contributed by atoms with Crippen LogP contribution in [0.5, 0.6) is 0 Å². The summed E-state index contributed by atoms with van der Waals surface area (Å²) in [6, 6.07) is 5.82. The zero-order chi connectivity index (χ0) is 13.5. The van der Waals surface area contributed by atoms with Gasteiger partial charge in [0.05, 0.1) is 19.8 Å². The molecule has 19 heavy (non-hydrogen) atoms. The van der Waals surface area contributed by atoms with Gasteiger partial charge in [-0.05, 0) is 18.2 Å². The number of nitrogens with one attached hydrogen (secondary N) is 1. The molecule has 0 aliphatic heterocycles. The van der Waals surface area contributed by atoms with Crippen molar-refractivity contribution in [2.75, 3.05) is 44.5 Å². The lowest BCUT2D eigenvalue weighted by molar-refractivity contribution is 0.0759. The van der Waals surface area contributed by atoms with E-state index in [0.29, 0.717) is 19.8 Å². The van der Waals surface area contributed by atoms with E-state index in [1.165, 1.54) is 0 Å². The van der Waals surface area contributed by atoms with Crippen molar-refractivity contribution in [3.63, 3.8) is 0 Å². The Bertz CT molecular complexity index is 531. The lowest BCUT2D eigenvalue weighted by Crippen LogP contribution is -2.12. The van der Waals surface area contributed by atoms with Crippen LogP contribution in [0.4, 0.5) is 11.4 Å². The van der Waals surface area contributed by atoms with E-state index in [1.54, 1.807) is 19.5 Å². The summed E-state index contributed by atoms with van der Waals surface area (Å²) in [6.45, 7) is 2.62. The van der Waals surface area contributed by atoms with Gasteiger partial charge < -0.3 is 20.5 Å². The monoisotopic (exact) mass is 261 g/mol. The molecule has 0 aliphatic carbocycles. The zero-order valence-electron chi connectivity index (χ0n) is 11.1. The Balaban J connectivity index is 1.96. The highest BCUT2D eigenvalue weighted by Gasteiger charge is 2.03. The summed E-state index contributed by atoms with van der Waals surface area (Å²) in [5.41, 5.74) is 7.71. The molecule has 1 heterocycles. The molecule has 1 aromatic heterocycles. The zero-order valence-corrected chi connectivity index (χ0v) is 11.1. The molecule has 0 atom stereocenters. The van der Waals surface area contributed by atoms with Crippen LogP contribution < -0.4 is 11.1 Å².